The van der Waals surface area contributed by atoms with Gasteiger partial charge in [-0.05, 0) is 36.4 Å². The highest BCUT2D eigenvalue weighted by atomic mass is 35.5. The highest BCUT2D eigenvalue weighted by Crippen LogP contribution is 2.40. The average Bonchev–Trinajstić information content (AvgIpc) is 3.57. The number of nitrogens with zero attached hydrogens (tertiary/aromatic N) is 3. The first-order chi connectivity index (χ1) is 21.4. The monoisotopic (exact) mass is 631 g/mol. The van der Waals surface area contributed by atoms with Crippen LogP contribution in [0.5, 0.6) is 0 Å². The van der Waals surface area contributed by atoms with Gasteiger partial charge in [-0.25, -0.2) is 24.4 Å². The number of carbonyl (C=O) groups is 3. The summed E-state index contributed by atoms with van der Waals surface area (Å²) in [4.78, 5) is 47.9. The highest BCUT2D eigenvalue weighted by Gasteiger charge is 2.52. The van der Waals surface area contributed by atoms with Crippen LogP contribution >= 0.6 is 23.2 Å². The van der Waals surface area contributed by atoms with E-state index >= 15 is 0 Å². The van der Waals surface area contributed by atoms with Crippen molar-refractivity contribution in [2.24, 2.45) is 0 Å². The van der Waals surface area contributed by atoms with Gasteiger partial charge in [0.1, 0.15) is 29.8 Å². The summed E-state index contributed by atoms with van der Waals surface area (Å²) in [6, 6.07) is 25.0. The second kappa shape index (κ2) is 12.8. The summed E-state index contributed by atoms with van der Waals surface area (Å²) < 4.78 is 25.4. The molecule has 2 aromatic heterocycles. The van der Waals surface area contributed by atoms with Gasteiger partial charge in [-0.15, -0.1) is 0 Å². The molecule has 1 unspecified atom stereocenters. The molecule has 44 heavy (non-hydrogen) atoms. The van der Waals surface area contributed by atoms with E-state index in [9.17, 15) is 14.4 Å². The topological polar surface area (TPSA) is 119 Å². The molecular weight excluding hydrogens is 609 g/mol. The smallest absolute Gasteiger partial charge is 0.338 e. The number of rotatable bonds is 8. The Morgan fingerprint density at radius 1 is 0.727 bits per heavy atom. The Morgan fingerprint density at radius 3 is 1.82 bits per heavy atom. The van der Waals surface area contributed by atoms with E-state index in [0.717, 1.165) is 0 Å². The summed E-state index contributed by atoms with van der Waals surface area (Å²) in [7, 11) is 0. The van der Waals surface area contributed by atoms with Crippen LogP contribution in [0.1, 0.15) is 37.3 Å². The Bertz CT molecular complexity index is 1800. The maximum absolute atomic E-state index is 13.4. The second-order valence-electron chi connectivity index (χ2n) is 9.75. The predicted molar refractivity (Wildman–Crippen MR) is 159 cm³/mol. The van der Waals surface area contributed by atoms with Gasteiger partial charge in [0.05, 0.1) is 27.1 Å². The Labute approximate surface area is 261 Å². The zero-order chi connectivity index (χ0) is 30.6. The quantitative estimate of drug-likeness (QED) is 0.116. The summed E-state index contributed by atoms with van der Waals surface area (Å²) in [6.45, 7) is -0.334. The van der Waals surface area contributed by atoms with E-state index in [0.29, 0.717) is 10.9 Å². The summed E-state index contributed by atoms with van der Waals surface area (Å²) in [6.07, 6.45) is -1.90. The molecule has 10 nitrogen and oxygen atoms in total. The molecule has 1 aliphatic heterocycles. The molecule has 6 rings (SSSR count). The van der Waals surface area contributed by atoms with Gasteiger partial charge in [0.15, 0.2) is 18.4 Å². The van der Waals surface area contributed by atoms with Crippen molar-refractivity contribution in [3.05, 3.63) is 130 Å². The molecule has 4 atom stereocenters. The molecule has 0 aliphatic carbocycles. The van der Waals surface area contributed by atoms with Crippen LogP contribution in [0.4, 0.5) is 0 Å². The first-order valence-electron chi connectivity index (χ1n) is 13.5. The molecule has 1 saturated heterocycles. The zero-order valence-corrected chi connectivity index (χ0v) is 24.3. The van der Waals surface area contributed by atoms with Crippen LogP contribution in [0, 0.1) is 0 Å². The van der Waals surface area contributed by atoms with Gasteiger partial charge in [-0.1, -0.05) is 77.8 Å². The van der Waals surface area contributed by atoms with Gasteiger partial charge < -0.3 is 23.5 Å². The van der Waals surface area contributed by atoms with Crippen LogP contribution in [0.2, 0.25) is 10.2 Å². The normalized spacial score (nSPS) is 19.4. The number of esters is 3. The lowest BCUT2D eigenvalue weighted by atomic mass is 10.1. The fourth-order valence-electron chi connectivity index (χ4n) is 4.88. The fourth-order valence-corrected chi connectivity index (χ4v) is 5.44. The van der Waals surface area contributed by atoms with Crippen LogP contribution in [-0.2, 0) is 18.9 Å². The van der Waals surface area contributed by atoms with Crippen molar-refractivity contribution in [1.29, 1.82) is 0 Å². The van der Waals surface area contributed by atoms with Crippen LogP contribution in [-0.4, -0.2) is 57.4 Å². The van der Waals surface area contributed by atoms with Gasteiger partial charge in [-0.2, -0.15) is 0 Å². The van der Waals surface area contributed by atoms with Crippen molar-refractivity contribution in [1.82, 2.24) is 14.5 Å². The minimum Gasteiger partial charge on any atom is -0.459 e. The van der Waals surface area contributed by atoms with Gasteiger partial charge in [-0.3, -0.25) is 0 Å². The lowest BCUT2D eigenvalue weighted by Gasteiger charge is -2.25. The number of hydrogen-bond acceptors (Lipinski definition) is 9. The minimum absolute atomic E-state index is 0.106. The number of aromatic nitrogens is 3. The Morgan fingerprint density at radius 2 is 1.25 bits per heavy atom. The average molecular weight is 632 g/mol. The predicted octanol–water partition coefficient (Wildman–Crippen LogP) is 5.94. The first kappa shape index (κ1) is 29.3. The molecule has 0 N–H and O–H groups in total. The number of carbonyl (C=O) groups excluding carboxylic acids is 3. The van der Waals surface area contributed by atoms with Crippen molar-refractivity contribution < 1.29 is 33.3 Å². The Kier molecular flexibility index (Phi) is 8.56. The lowest BCUT2D eigenvalue weighted by Crippen LogP contribution is -2.41. The minimum atomic E-state index is -1.24. The van der Waals surface area contributed by atoms with Crippen LogP contribution < -0.4 is 0 Å². The van der Waals surface area contributed by atoms with Gasteiger partial charge in [0.25, 0.3) is 0 Å². The van der Waals surface area contributed by atoms with Crippen LogP contribution in [0.15, 0.2) is 104 Å². The van der Waals surface area contributed by atoms with Crippen LogP contribution in [0.25, 0.3) is 11.0 Å². The van der Waals surface area contributed by atoms with E-state index < -0.39 is 42.4 Å². The Balaban J connectivity index is 1.39. The zero-order valence-electron chi connectivity index (χ0n) is 22.8. The molecule has 3 aromatic carbocycles. The van der Waals surface area contributed by atoms with Crippen molar-refractivity contribution >= 4 is 52.1 Å². The number of benzene rings is 3. The maximum atomic E-state index is 13.4. The lowest BCUT2D eigenvalue weighted by molar-refractivity contribution is -0.0604. The van der Waals surface area contributed by atoms with Gasteiger partial charge in [0.2, 0.25) is 0 Å². The van der Waals surface area contributed by atoms with Gasteiger partial charge >= 0.3 is 17.9 Å². The van der Waals surface area contributed by atoms with E-state index in [1.165, 1.54) is 17.1 Å². The second-order valence-corrected chi connectivity index (χ2v) is 10.5. The molecule has 0 bridgehead atoms. The molecule has 222 valence electrons. The number of hydrogen-bond donors (Lipinski definition) is 0. The largest absolute Gasteiger partial charge is 0.459 e. The highest BCUT2D eigenvalue weighted by molar-refractivity contribution is 6.41. The van der Waals surface area contributed by atoms with Crippen molar-refractivity contribution in [2.45, 2.75) is 24.5 Å². The van der Waals surface area contributed by atoms with E-state index in [4.69, 9.17) is 42.1 Å². The number of ether oxygens (including phenoxy) is 4. The van der Waals surface area contributed by atoms with Crippen molar-refractivity contribution in [3.8, 4) is 0 Å². The van der Waals surface area contributed by atoms with Crippen molar-refractivity contribution in [3.63, 3.8) is 0 Å². The van der Waals surface area contributed by atoms with E-state index in [1.807, 2.05) is 0 Å². The summed E-state index contributed by atoms with van der Waals surface area (Å²) in [5.41, 5.74) is 1.13. The summed E-state index contributed by atoms with van der Waals surface area (Å²) in [5.74, 6) is -2.00. The molecule has 1 fully saturated rings. The fraction of sp³-hybridized carbons (Fsp3) is 0.156. The first-order valence-corrected chi connectivity index (χ1v) is 14.2. The molecule has 5 aromatic rings. The van der Waals surface area contributed by atoms with E-state index in [2.05, 4.69) is 9.97 Å². The van der Waals surface area contributed by atoms with E-state index in [1.54, 1.807) is 91.0 Å². The molecule has 0 amide bonds. The van der Waals surface area contributed by atoms with Crippen molar-refractivity contribution in [2.75, 3.05) is 6.61 Å². The maximum Gasteiger partial charge on any atom is 0.338 e. The number of fused-ring (bicyclic) bond motifs is 1. The third-order valence-electron chi connectivity index (χ3n) is 6.97. The van der Waals surface area contributed by atoms with E-state index in [-0.39, 0.29) is 33.6 Å². The SMILES string of the molecule is O=C(OC[C@H]1O[C@@H](n2cc(Cl)c3c(Cl)ncnc32)[C@@H](OC(=O)c2ccccc2)C1OC(=O)c1ccccc1)c1ccccc1. The molecular formula is C32H23Cl2N3O7. The molecule has 0 spiro atoms. The number of halogens is 2. The van der Waals surface area contributed by atoms with Gasteiger partial charge in [0, 0.05) is 6.20 Å². The molecule has 0 radical (unpaired) electrons. The molecule has 3 heterocycles. The molecule has 1 aliphatic rings. The molecule has 12 heteroatoms. The summed E-state index contributed by atoms with van der Waals surface area (Å²) >= 11 is 12.8. The standard InChI is InChI=1S/C32H23Cl2N3O7/c33-22-16-37(28-24(22)27(34)35-18-36-28)29-26(44-32(40)21-14-8-3-9-15-21)25(43-31(39)20-12-6-2-7-13-20)23(42-29)17-41-30(38)19-10-4-1-5-11-19/h1-16,18,23,25-26,29H,17H2/t23-,25?,26+,29-/m1/s1. The Hall–Kier alpha value is -4.77. The third-order valence-corrected chi connectivity index (χ3v) is 7.54. The third kappa shape index (κ3) is 6.00. The summed E-state index contributed by atoms with van der Waals surface area (Å²) in [5, 5.41) is 0.679. The van der Waals surface area contributed by atoms with Crippen LogP contribution in [0.3, 0.4) is 0 Å². The molecule has 0 saturated carbocycles.